The first kappa shape index (κ1) is 12.4. The molecule has 0 radical (unpaired) electrons. The minimum atomic E-state index is -0.340. The van der Waals surface area contributed by atoms with Crippen molar-refractivity contribution in [1.82, 2.24) is 10.1 Å². The van der Waals surface area contributed by atoms with Crippen LogP contribution in [0.3, 0.4) is 0 Å². The second kappa shape index (κ2) is 5.07. The Hall–Kier alpha value is -2.05. The first-order chi connectivity index (χ1) is 8.54. The normalized spacial score (nSPS) is 18.9. The van der Waals surface area contributed by atoms with E-state index in [1.54, 1.807) is 20.0 Å². The third-order valence-corrected chi connectivity index (χ3v) is 2.65. The fourth-order valence-electron chi connectivity index (χ4n) is 1.72. The fourth-order valence-corrected chi connectivity index (χ4v) is 1.72. The molecule has 1 unspecified atom stereocenters. The molecule has 1 aliphatic heterocycles. The largest absolute Gasteiger partial charge is 0.444 e. The van der Waals surface area contributed by atoms with Gasteiger partial charge in [-0.2, -0.15) is 0 Å². The van der Waals surface area contributed by atoms with E-state index in [1.165, 1.54) is 4.90 Å². The predicted molar refractivity (Wildman–Crippen MR) is 62.0 cm³/mol. The summed E-state index contributed by atoms with van der Waals surface area (Å²) in [7, 11) is 1.67. The molecule has 1 aliphatic rings. The van der Waals surface area contributed by atoms with Crippen molar-refractivity contribution >= 4 is 17.8 Å². The van der Waals surface area contributed by atoms with Gasteiger partial charge in [0.1, 0.15) is 11.9 Å². The molecule has 2 heterocycles. The van der Waals surface area contributed by atoms with Gasteiger partial charge in [0.05, 0.1) is 6.54 Å². The van der Waals surface area contributed by atoms with Crippen molar-refractivity contribution in [2.24, 2.45) is 0 Å². The second-order valence-electron chi connectivity index (χ2n) is 4.30. The van der Waals surface area contributed by atoms with E-state index in [2.05, 4.69) is 10.5 Å². The Balaban J connectivity index is 1.74. The Morgan fingerprint density at radius 1 is 1.67 bits per heavy atom. The highest BCUT2D eigenvalue weighted by atomic mass is 16.6. The third-order valence-electron chi connectivity index (χ3n) is 2.65. The molecule has 1 aromatic rings. The number of nitrogens with one attached hydrogen (secondary N) is 1. The lowest BCUT2D eigenvalue weighted by Crippen LogP contribution is -2.20. The molecule has 7 heteroatoms. The van der Waals surface area contributed by atoms with E-state index >= 15 is 0 Å². The van der Waals surface area contributed by atoms with Gasteiger partial charge in [-0.15, -0.1) is 0 Å². The first-order valence-electron chi connectivity index (χ1n) is 5.69. The molecule has 1 fully saturated rings. The molecule has 7 nitrogen and oxygen atoms in total. The maximum atomic E-state index is 11.6. The third kappa shape index (κ3) is 2.99. The number of anilines is 1. The summed E-state index contributed by atoms with van der Waals surface area (Å²) < 4.78 is 9.88. The molecule has 2 amide bonds. The van der Waals surface area contributed by atoms with Gasteiger partial charge in [0.15, 0.2) is 5.82 Å². The zero-order valence-corrected chi connectivity index (χ0v) is 10.3. The lowest BCUT2D eigenvalue weighted by molar-refractivity contribution is -0.116. The maximum Gasteiger partial charge on any atom is 0.409 e. The van der Waals surface area contributed by atoms with Crippen LogP contribution in [0.2, 0.25) is 0 Å². The van der Waals surface area contributed by atoms with E-state index in [1.807, 2.05) is 0 Å². The molecule has 1 N–H and O–H groups in total. The second-order valence-corrected chi connectivity index (χ2v) is 4.30. The number of ether oxygens (including phenoxy) is 1. The van der Waals surface area contributed by atoms with Gasteiger partial charge in [0.2, 0.25) is 5.91 Å². The molecule has 0 saturated carbocycles. The Labute approximate surface area is 104 Å². The van der Waals surface area contributed by atoms with Crippen LogP contribution in [0.4, 0.5) is 10.6 Å². The van der Waals surface area contributed by atoms with Crippen molar-refractivity contribution in [3.8, 4) is 0 Å². The summed E-state index contributed by atoms with van der Waals surface area (Å²) in [5, 5.41) is 6.27. The van der Waals surface area contributed by atoms with E-state index in [0.717, 1.165) is 0 Å². The average Bonchev–Trinajstić information content (AvgIpc) is 2.84. The number of nitrogens with zero attached hydrogens (tertiary/aromatic N) is 2. The van der Waals surface area contributed by atoms with Gasteiger partial charge in [-0.3, -0.25) is 4.79 Å². The molecule has 0 aliphatic carbocycles. The van der Waals surface area contributed by atoms with E-state index < -0.39 is 0 Å². The molecular formula is C11H15N3O4. The number of aromatic nitrogens is 1. The lowest BCUT2D eigenvalue weighted by atomic mass is 10.2. The van der Waals surface area contributed by atoms with Crippen molar-refractivity contribution in [3.05, 3.63) is 11.8 Å². The maximum absolute atomic E-state index is 11.6. The van der Waals surface area contributed by atoms with Crippen LogP contribution in [0.1, 0.15) is 18.6 Å². The quantitative estimate of drug-likeness (QED) is 0.870. The molecule has 18 heavy (non-hydrogen) atoms. The van der Waals surface area contributed by atoms with Gasteiger partial charge in [-0.05, 0) is 13.3 Å². The standard InChI is InChI=1S/C11H15N3O4/c1-7-5-9(13-18-7)12-10(15)4-3-8-6-14(2)11(16)17-8/h5,8H,3-4,6H2,1-2H3,(H,12,13,15). The van der Waals surface area contributed by atoms with Crippen molar-refractivity contribution in [1.29, 1.82) is 0 Å². The minimum Gasteiger partial charge on any atom is -0.444 e. The van der Waals surface area contributed by atoms with Gasteiger partial charge >= 0.3 is 6.09 Å². The number of rotatable bonds is 4. The number of cyclic esters (lactones) is 1. The fraction of sp³-hybridized carbons (Fsp3) is 0.545. The number of carbonyl (C=O) groups excluding carboxylic acids is 2. The molecule has 0 aromatic carbocycles. The predicted octanol–water partition coefficient (Wildman–Crippen LogP) is 1.15. The van der Waals surface area contributed by atoms with Gasteiger partial charge in [-0.1, -0.05) is 5.16 Å². The zero-order chi connectivity index (χ0) is 13.1. The minimum absolute atomic E-state index is 0.172. The Bertz CT molecular complexity index is 457. The summed E-state index contributed by atoms with van der Waals surface area (Å²) in [4.78, 5) is 24.2. The highest BCUT2D eigenvalue weighted by Gasteiger charge is 2.28. The Morgan fingerprint density at radius 3 is 3.00 bits per heavy atom. The van der Waals surface area contributed by atoms with Crippen LogP contribution in [0.15, 0.2) is 10.6 Å². The van der Waals surface area contributed by atoms with Crippen molar-refractivity contribution in [2.45, 2.75) is 25.9 Å². The van der Waals surface area contributed by atoms with E-state index in [0.29, 0.717) is 24.5 Å². The van der Waals surface area contributed by atoms with Crippen LogP contribution < -0.4 is 5.32 Å². The van der Waals surface area contributed by atoms with Gasteiger partial charge in [0, 0.05) is 19.5 Å². The zero-order valence-electron chi connectivity index (χ0n) is 10.3. The molecule has 0 bridgehead atoms. The van der Waals surface area contributed by atoms with E-state index in [-0.39, 0.29) is 24.5 Å². The summed E-state index contributed by atoms with van der Waals surface area (Å²) >= 11 is 0. The Kier molecular flexibility index (Phi) is 3.50. The summed E-state index contributed by atoms with van der Waals surface area (Å²) in [5.74, 6) is 0.864. The number of hydrogen-bond acceptors (Lipinski definition) is 5. The van der Waals surface area contributed by atoms with Crippen molar-refractivity contribution in [2.75, 3.05) is 18.9 Å². The lowest BCUT2D eigenvalue weighted by Gasteiger charge is -2.06. The van der Waals surface area contributed by atoms with Gasteiger partial charge in [-0.25, -0.2) is 4.79 Å². The van der Waals surface area contributed by atoms with Crippen molar-refractivity contribution in [3.63, 3.8) is 0 Å². The van der Waals surface area contributed by atoms with Crippen LogP contribution >= 0.6 is 0 Å². The van der Waals surface area contributed by atoms with E-state index in [4.69, 9.17) is 9.26 Å². The molecule has 2 rings (SSSR count). The number of amides is 2. The molecule has 1 aromatic heterocycles. The molecular weight excluding hydrogens is 238 g/mol. The van der Waals surface area contributed by atoms with Crippen molar-refractivity contribution < 1.29 is 18.8 Å². The van der Waals surface area contributed by atoms with Crippen LogP contribution in [-0.2, 0) is 9.53 Å². The summed E-state index contributed by atoms with van der Waals surface area (Å²) in [6.45, 7) is 2.27. The van der Waals surface area contributed by atoms with Crippen LogP contribution in [-0.4, -0.2) is 41.8 Å². The average molecular weight is 253 g/mol. The van der Waals surface area contributed by atoms with Crippen LogP contribution in [0.25, 0.3) is 0 Å². The summed E-state index contributed by atoms with van der Waals surface area (Å²) in [6.07, 6.45) is 0.219. The first-order valence-corrected chi connectivity index (χ1v) is 5.69. The van der Waals surface area contributed by atoms with Gasteiger partial charge < -0.3 is 19.5 Å². The number of aryl methyl sites for hydroxylation is 1. The van der Waals surface area contributed by atoms with Crippen LogP contribution in [0, 0.1) is 6.92 Å². The summed E-state index contributed by atoms with van der Waals surface area (Å²) in [6, 6.07) is 1.64. The van der Waals surface area contributed by atoms with Crippen LogP contribution in [0.5, 0.6) is 0 Å². The molecule has 98 valence electrons. The SMILES string of the molecule is Cc1cc(NC(=O)CCC2CN(C)C(=O)O2)no1. The highest BCUT2D eigenvalue weighted by Crippen LogP contribution is 2.14. The smallest absolute Gasteiger partial charge is 0.409 e. The number of carbonyl (C=O) groups is 2. The van der Waals surface area contributed by atoms with E-state index in [9.17, 15) is 9.59 Å². The summed E-state index contributed by atoms with van der Waals surface area (Å²) in [5.41, 5.74) is 0. The monoisotopic (exact) mass is 253 g/mol. The molecule has 1 atom stereocenters. The Morgan fingerprint density at radius 2 is 2.44 bits per heavy atom. The topological polar surface area (TPSA) is 84.7 Å². The highest BCUT2D eigenvalue weighted by molar-refractivity contribution is 5.89. The molecule has 0 spiro atoms. The number of likely N-dealkylation sites (N-methyl/N-ethyl adjacent to an activating group) is 1. The van der Waals surface area contributed by atoms with Gasteiger partial charge in [0.25, 0.3) is 0 Å². The number of hydrogen-bond donors (Lipinski definition) is 1. The molecule has 1 saturated heterocycles.